The Morgan fingerprint density at radius 1 is 1.21 bits per heavy atom. The molecule has 3 N–H and O–H groups in total. The van der Waals surface area contributed by atoms with Crippen LogP contribution in [0.1, 0.15) is 0 Å². The molecule has 106 valence electrons. The van der Waals surface area contributed by atoms with Gasteiger partial charge in [0.05, 0.1) is 12.8 Å². The Morgan fingerprint density at radius 2 is 1.89 bits per heavy atom. The maximum absolute atomic E-state index is 11.1. The van der Waals surface area contributed by atoms with Crippen LogP contribution < -0.4 is 10.1 Å². The molecule has 0 saturated carbocycles. The lowest BCUT2D eigenvalue weighted by Crippen LogP contribution is -2.26. The highest BCUT2D eigenvalue weighted by Crippen LogP contribution is 2.31. The predicted molar refractivity (Wildman–Crippen MR) is 67.8 cm³/mol. The predicted octanol–water partition coefficient (Wildman–Crippen LogP) is 0.333. The summed E-state index contributed by atoms with van der Waals surface area (Å²) in [6.07, 6.45) is -0.553. The summed E-state index contributed by atoms with van der Waals surface area (Å²) in [6.45, 7) is 0.0377. The molecule has 0 aliphatic carbocycles. The largest absolute Gasteiger partial charge is 0.490 e. The Kier molecular flexibility index (Phi) is 6.52. The van der Waals surface area contributed by atoms with E-state index in [0.29, 0.717) is 5.75 Å². The minimum Gasteiger partial charge on any atom is -0.490 e. The zero-order valence-corrected chi connectivity index (χ0v) is 11.1. The summed E-state index contributed by atoms with van der Waals surface area (Å²) in [5.41, 5.74) is 0. The SMILES string of the molecule is O=C(CNCP(=O)(O)O)OCCOc1ccccc1. The maximum atomic E-state index is 11.1. The molecule has 0 spiro atoms. The van der Waals surface area contributed by atoms with Gasteiger partial charge in [-0.05, 0) is 12.1 Å². The Hall–Kier alpha value is -1.40. The molecule has 0 unspecified atom stereocenters. The lowest BCUT2D eigenvalue weighted by Gasteiger charge is -2.08. The summed E-state index contributed by atoms with van der Waals surface area (Å²) in [7, 11) is -4.14. The van der Waals surface area contributed by atoms with Crippen molar-refractivity contribution in [2.45, 2.75) is 0 Å². The first-order valence-corrected chi connectivity index (χ1v) is 7.36. The molecule has 1 aromatic rings. The van der Waals surface area contributed by atoms with Crippen molar-refractivity contribution in [3.63, 3.8) is 0 Å². The second-order valence-corrected chi connectivity index (χ2v) is 5.28. The van der Waals surface area contributed by atoms with Gasteiger partial charge in [0.15, 0.2) is 0 Å². The second kappa shape index (κ2) is 7.91. The Bertz CT molecular complexity index is 432. The van der Waals surface area contributed by atoms with Gasteiger partial charge in [-0.25, -0.2) is 0 Å². The van der Waals surface area contributed by atoms with Gasteiger partial charge in [0.25, 0.3) is 0 Å². The molecule has 19 heavy (non-hydrogen) atoms. The van der Waals surface area contributed by atoms with Crippen LogP contribution in [0.3, 0.4) is 0 Å². The highest BCUT2D eigenvalue weighted by Gasteiger charge is 2.12. The molecule has 0 saturated heterocycles. The number of hydrogen-bond acceptors (Lipinski definition) is 5. The molecule has 7 nitrogen and oxygen atoms in total. The Balaban J connectivity index is 2.06. The Morgan fingerprint density at radius 3 is 2.53 bits per heavy atom. The molecule has 0 aromatic heterocycles. The van der Waals surface area contributed by atoms with Gasteiger partial charge in [0.2, 0.25) is 0 Å². The molecule has 0 radical (unpaired) electrons. The fourth-order valence-electron chi connectivity index (χ4n) is 1.19. The first-order chi connectivity index (χ1) is 8.97. The van der Waals surface area contributed by atoms with E-state index in [-0.39, 0.29) is 19.8 Å². The summed E-state index contributed by atoms with van der Waals surface area (Å²) in [4.78, 5) is 28.2. The highest BCUT2D eigenvalue weighted by atomic mass is 31.2. The van der Waals surface area contributed by atoms with E-state index in [1.54, 1.807) is 12.1 Å². The van der Waals surface area contributed by atoms with Gasteiger partial charge in [-0.2, -0.15) is 0 Å². The minimum absolute atomic E-state index is 0.0747. The van der Waals surface area contributed by atoms with E-state index in [9.17, 15) is 9.36 Å². The number of carbonyl (C=O) groups excluding carboxylic acids is 1. The topological polar surface area (TPSA) is 105 Å². The van der Waals surface area contributed by atoms with Crippen molar-refractivity contribution < 1.29 is 28.6 Å². The normalized spacial score (nSPS) is 11.1. The molecule has 8 heteroatoms. The number of benzene rings is 1. The van der Waals surface area contributed by atoms with Gasteiger partial charge < -0.3 is 19.3 Å². The zero-order valence-electron chi connectivity index (χ0n) is 10.2. The van der Waals surface area contributed by atoms with E-state index >= 15 is 0 Å². The number of nitrogens with one attached hydrogen (secondary N) is 1. The fraction of sp³-hybridized carbons (Fsp3) is 0.364. The lowest BCUT2D eigenvalue weighted by atomic mass is 10.3. The van der Waals surface area contributed by atoms with Crippen molar-refractivity contribution in [2.24, 2.45) is 0 Å². The molecule has 0 aliphatic heterocycles. The van der Waals surface area contributed by atoms with E-state index in [4.69, 9.17) is 19.3 Å². The van der Waals surface area contributed by atoms with Gasteiger partial charge in [-0.3, -0.25) is 14.7 Å². The first kappa shape index (κ1) is 15.7. The Labute approximate surface area is 110 Å². The van der Waals surface area contributed by atoms with Crippen LogP contribution in [-0.2, 0) is 14.1 Å². The average molecular weight is 289 g/mol. The number of rotatable bonds is 8. The third-order valence-electron chi connectivity index (χ3n) is 1.95. The zero-order chi connectivity index (χ0) is 14.1. The number of esters is 1. The van der Waals surface area contributed by atoms with E-state index in [1.807, 2.05) is 18.2 Å². The average Bonchev–Trinajstić information content (AvgIpc) is 2.34. The molecule has 0 bridgehead atoms. The van der Waals surface area contributed by atoms with Crippen LogP contribution in [0.15, 0.2) is 30.3 Å². The molecule has 0 aliphatic rings. The number of carbonyl (C=O) groups is 1. The first-order valence-electron chi connectivity index (χ1n) is 5.56. The molecule has 0 amide bonds. The molecule has 0 fully saturated rings. The van der Waals surface area contributed by atoms with Crippen molar-refractivity contribution in [1.82, 2.24) is 5.32 Å². The van der Waals surface area contributed by atoms with Crippen molar-refractivity contribution in [1.29, 1.82) is 0 Å². The van der Waals surface area contributed by atoms with Gasteiger partial charge in [0, 0.05) is 0 Å². The van der Waals surface area contributed by atoms with E-state index in [0.717, 1.165) is 0 Å². The van der Waals surface area contributed by atoms with E-state index in [2.05, 4.69) is 5.32 Å². The van der Waals surface area contributed by atoms with Crippen molar-refractivity contribution in [3.8, 4) is 5.75 Å². The summed E-state index contributed by atoms with van der Waals surface area (Å²) >= 11 is 0. The molecule has 1 aromatic carbocycles. The fourth-order valence-corrected chi connectivity index (χ4v) is 1.59. The van der Waals surface area contributed by atoms with Crippen LogP contribution in [0.4, 0.5) is 0 Å². The highest BCUT2D eigenvalue weighted by molar-refractivity contribution is 7.51. The quantitative estimate of drug-likeness (QED) is 0.360. The van der Waals surface area contributed by atoms with Gasteiger partial charge >= 0.3 is 13.6 Å². The van der Waals surface area contributed by atoms with Crippen LogP contribution in [0.25, 0.3) is 0 Å². The van der Waals surface area contributed by atoms with Crippen molar-refractivity contribution in [3.05, 3.63) is 30.3 Å². The molecule has 1 rings (SSSR count). The molecule has 0 heterocycles. The summed E-state index contributed by atoms with van der Waals surface area (Å²) in [5.74, 6) is 0.0864. The van der Waals surface area contributed by atoms with Crippen molar-refractivity contribution in [2.75, 3.05) is 26.0 Å². The summed E-state index contributed by atoms with van der Waals surface area (Å²) in [6, 6.07) is 9.08. The molecule has 0 atom stereocenters. The van der Waals surface area contributed by atoms with Crippen molar-refractivity contribution >= 4 is 13.6 Å². The molecular weight excluding hydrogens is 273 g/mol. The number of ether oxygens (including phenoxy) is 2. The summed E-state index contributed by atoms with van der Waals surface area (Å²) < 4.78 is 20.6. The van der Waals surface area contributed by atoms with E-state index in [1.165, 1.54) is 0 Å². The van der Waals surface area contributed by atoms with Crippen LogP contribution in [0, 0.1) is 0 Å². The lowest BCUT2D eigenvalue weighted by molar-refractivity contribution is -0.143. The van der Waals surface area contributed by atoms with Gasteiger partial charge in [-0.1, -0.05) is 18.2 Å². The monoisotopic (exact) mass is 289 g/mol. The van der Waals surface area contributed by atoms with Crippen LogP contribution in [0.5, 0.6) is 5.75 Å². The third-order valence-corrected chi connectivity index (χ3v) is 2.58. The molecular formula is C11H16NO6P. The summed E-state index contributed by atoms with van der Waals surface area (Å²) in [5, 5.41) is 2.31. The minimum atomic E-state index is -4.14. The maximum Gasteiger partial charge on any atom is 0.339 e. The third kappa shape index (κ3) is 8.34. The van der Waals surface area contributed by atoms with Crippen LogP contribution >= 0.6 is 7.60 Å². The van der Waals surface area contributed by atoms with Crippen LogP contribution in [0.2, 0.25) is 0 Å². The van der Waals surface area contributed by atoms with E-state index < -0.39 is 19.9 Å². The van der Waals surface area contributed by atoms with Crippen LogP contribution in [-0.4, -0.2) is 41.8 Å². The smallest absolute Gasteiger partial charge is 0.339 e. The second-order valence-electron chi connectivity index (χ2n) is 3.63. The van der Waals surface area contributed by atoms with Gasteiger partial charge in [-0.15, -0.1) is 0 Å². The number of hydrogen-bond donors (Lipinski definition) is 3. The van der Waals surface area contributed by atoms with Gasteiger partial charge in [0.1, 0.15) is 19.0 Å². The number of para-hydroxylation sites is 1. The standard InChI is InChI=1S/C11H16NO6P/c13-11(8-12-9-19(14,15)16)18-7-6-17-10-4-2-1-3-5-10/h1-5,12H,6-9H2,(H2,14,15,16).